The molecule has 0 rings (SSSR count). The zero-order valence-corrected chi connectivity index (χ0v) is 4.12. The third kappa shape index (κ3) is 9.22. The summed E-state index contributed by atoms with van der Waals surface area (Å²) in [7, 11) is 0. The van der Waals surface area contributed by atoms with Gasteiger partial charge in [-0.15, -0.1) is 12.4 Å². The van der Waals surface area contributed by atoms with Crippen molar-refractivity contribution in [3.05, 3.63) is 10.1 Å². The van der Waals surface area contributed by atoms with Crippen LogP contribution < -0.4 is 4.94 Å². The summed E-state index contributed by atoms with van der Waals surface area (Å²) in [5.41, 5.74) is 0. The number of hydrogen-bond donors (Lipinski definition) is 1. The fourth-order valence-corrected chi connectivity index (χ4v) is 0. The maximum Gasteiger partial charge on any atom is 0.173 e. The van der Waals surface area contributed by atoms with E-state index in [-0.39, 0.29) is 12.4 Å². The number of nitrogens with zero attached hydrogens (tertiary/aromatic N) is 1. The van der Waals surface area contributed by atoms with Gasteiger partial charge >= 0.3 is 0 Å². The van der Waals surface area contributed by atoms with Gasteiger partial charge in [0, 0.05) is 0 Å². The third-order valence-electron chi connectivity index (χ3n) is 0.0690. The van der Waals surface area contributed by atoms with E-state index in [0.717, 1.165) is 0 Å². The number of halogens is 2. The Bertz CT molecular complexity index is 44.8. The van der Waals surface area contributed by atoms with Crippen LogP contribution in [0.4, 0.5) is 0 Å². The van der Waals surface area contributed by atoms with Crippen molar-refractivity contribution in [1.82, 2.24) is 4.94 Å². The van der Waals surface area contributed by atoms with E-state index < -0.39 is 5.03 Å². The molecule has 0 atom stereocenters. The average molecular weight is 133 g/mol. The lowest BCUT2D eigenvalue weighted by Gasteiger charge is -1.72. The second-order valence-corrected chi connectivity index (χ2v) is 0.511. The number of hydrazine groups is 1. The summed E-state index contributed by atoms with van der Waals surface area (Å²) in [5.74, 6) is 0. The molecule has 0 aliphatic carbocycles. The highest BCUT2D eigenvalue weighted by Crippen LogP contribution is 1.55. The first-order valence-corrected chi connectivity index (χ1v) is 1.16. The highest BCUT2D eigenvalue weighted by molar-refractivity contribution is 6.12. The van der Waals surface area contributed by atoms with E-state index in [1.807, 2.05) is 0 Å². The van der Waals surface area contributed by atoms with E-state index in [1.165, 1.54) is 4.94 Å². The van der Waals surface area contributed by atoms with Gasteiger partial charge in [-0.1, -0.05) is 0 Å². The lowest BCUT2D eigenvalue weighted by molar-refractivity contribution is -0.519. The Morgan fingerprint density at radius 2 is 2.00 bits per heavy atom. The molecule has 0 saturated heterocycles. The Kier molecular flexibility index (Phi) is 7.36. The molecule has 38 valence electrons. The fourth-order valence-electron chi connectivity index (χ4n) is 0. The molecule has 0 radical (unpaired) electrons. The van der Waals surface area contributed by atoms with Crippen molar-refractivity contribution >= 4 is 24.2 Å². The minimum absolute atomic E-state index is 0. The molecule has 0 saturated carbocycles. The van der Waals surface area contributed by atoms with Gasteiger partial charge < -0.3 is 0 Å². The number of nitrogens with one attached hydrogen (secondary N) is 1. The van der Waals surface area contributed by atoms with Crippen LogP contribution in [0, 0.1) is 10.1 Å². The minimum atomic E-state index is -0.860. The molecule has 4 nitrogen and oxygen atoms in total. The van der Waals surface area contributed by atoms with Crippen LogP contribution in [0.25, 0.3) is 0 Å². The van der Waals surface area contributed by atoms with Gasteiger partial charge in [-0.2, -0.15) is 0 Å². The summed E-state index contributed by atoms with van der Waals surface area (Å²) in [6.45, 7) is 0. The summed E-state index contributed by atoms with van der Waals surface area (Å²) in [4.78, 5) is 10.2. The molecule has 0 heterocycles. The predicted molar refractivity (Wildman–Crippen MR) is 23.2 cm³/mol. The monoisotopic (exact) mass is 132 g/mol. The summed E-state index contributed by atoms with van der Waals surface area (Å²) < 4.78 is 0. The molecule has 0 aromatic heterocycles. The van der Waals surface area contributed by atoms with Crippen LogP contribution in [0.1, 0.15) is 0 Å². The standard InChI is InChI=1S/ClHN2O2.ClH/c1-2-3(4)5;/h2H;1H. The Balaban J connectivity index is 0. The highest BCUT2D eigenvalue weighted by Gasteiger charge is 1.76. The van der Waals surface area contributed by atoms with Crippen LogP contribution in [0.15, 0.2) is 0 Å². The third-order valence-corrected chi connectivity index (χ3v) is 0.207. The van der Waals surface area contributed by atoms with Gasteiger partial charge in [0.1, 0.15) is 0 Å². The van der Waals surface area contributed by atoms with Crippen LogP contribution in [0.5, 0.6) is 0 Å². The highest BCUT2D eigenvalue weighted by atomic mass is 35.5. The Labute approximate surface area is 45.1 Å². The zero-order valence-electron chi connectivity index (χ0n) is 2.55. The molecule has 0 spiro atoms. The summed E-state index contributed by atoms with van der Waals surface area (Å²) >= 11 is 4.39. The maximum absolute atomic E-state index is 8.93. The van der Waals surface area contributed by atoms with Gasteiger partial charge in [0.15, 0.2) is 5.03 Å². The van der Waals surface area contributed by atoms with E-state index in [9.17, 15) is 0 Å². The van der Waals surface area contributed by atoms with Crippen LogP contribution in [0.2, 0.25) is 0 Å². The van der Waals surface area contributed by atoms with Crippen molar-refractivity contribution < 1.29 is 5.03 Å². The topological polar surface area (TPSA) is 55.2 Å². The van der Waals surface area contributed by atoms with Gasteiger partial charge in [-0.3, -0.25) is 0 Å². The quantitative estimate of drug-likeness (QED) is 0.318. The van der Waals surface area contributed by atoms with Crippen LogP contribution in [-0.4, -0.2) is 5.03 Å². The Hall–Kier alpha value is -0.220. The van der Waals surface area contributed by atoms with Crippen LogP contribution in [-0.2, 0) is 0 Å². The molecular weight excluding hydrogens is 131 g/mol. The van der Waals surface area contributed by atoms with Crippen molar-refractivity contribution in [1.29, 1.82) is 0 Å². The van der Waals surface area contributed by atoms with Gasteiger partial charge in [-0.25, -0.2) is 10.1 Å². The first-order chi connectivity index (χ1) is 2.27. The molecule has 6 heavy (non-hydrogen) atoms. The lowest BCUT2D eigenvalue weighted by Crippen LogP contribution is -2.06. The minimum Gasteiger partial charge on any atom is -0.234 e. The first-order valence-electron chi connectivity index (χ1n) is 0.778. The molecule has 6 heteroatoms. The Morgan fingerprint density at radius 3 is 2.00 bits per heavy atom. The van der Waals surface area contributed by atoms with Gasteiger partial charge in [0.2, 0.25) is 0 Å². The van der Waals surface area contributed by atoms with E-state index in [0.29, 0.717) is 0 Å². The molecule has 0 unspecified atom stereocenters. The van der Waals surface area contributed by atoms with Crippen molar-refractivity contribution in [3.63, 3.8) is 0 Å². The fraction of sp³-hybridized carbons (Fsp3) is 0. The number of hydrogen-bond acceptors (Lipinski definition) is 2. The molecule has 0 aromatic rings. The predicted octanol–water partition coefficient (Wildman–Crippen LogP) is 0.343. The Morgan fingerprint density at radius 1 is 1.83 bits per heavy atom. The summed E-state index contributed by atoms with van der Waals surface area (Å²) in [5, 5.41) is 8.07. The van der Waals surface area contributed by atoms with Gasteiger partial charge in [0.25, 0.3) is 0 Å². The second-order valence-electron chi connectivity index (χ2n) is 0.342. The molecule has 0 aliphatic rings. The van der Waals surface area contributed by atoms with Crippen molar-refractivity contribution in [3.8, 4) is 0 Å². The molecule has 0 fully saturated rings. The molecule has 0 bridgehead atoms. The summed E-state index contributed by atoms with van der Waals surface area (Å²) in [6, 6.07) is 0. The van der Waals surface area contributed by atoms with Crippen LogP contribution in [0.3, 0.4) is 0 Å². The first kappa shape index (κ1) is 9.24. The van der Waals surface area contributed by atoms with Crippen molar-refractivity contribution in [2.75, 3.05) is 0 Å². The van der Waals surface area contributed by atoms with Crippen LogP contribution >= 0.6 is 24.2 Å². The SMILES string of the molecule is Cl.O=[N+]([O-])NCl. The molecule has 0 aromatic carbocycles. The number of rotatable bonds is 1. The zero-order chi connectivity index (χ0) is 4.28. The number of nitro groups is 1. The second kappa shape index (κ2) is 4.78. The molecule has 1 N–H and O–H groups in total. The lowest BCUT2D eigenvalue weighted by atomic mass is 12.7. The summed E-state index contributed by atoms with van der Waals surface area (Å²) in [6.07, 6.45) is 0. The van der Waals surface area contributed by atoms with Crippen molar-refractivity contribution in [2.45, 2.75) is 0 Å². The average Bonchev–Trinajstić information content (AvgIpc) is 1.38. The maximum atomic E-state index is 8.93. The van der Waals surface area contributed by atoms with E-state index >= 15 is 0 Å². The molecule has 0 amide bonds. The van der Waals surface area contributed by atoms with Gasteiger partial charge in [0.05, 0.1) is 11.8 Å². The van der Waals surface area contributed by atoms with E-state index in [2.05, 4.69) is 11.8 Å². The molecule has 0 aliphatic heterocycles. The normalized spacial score (nSPS) is 5.50. The molecular formula is H2Cl2N2O2. The van der Waals surface area contributed by atoms with E-state index in [4.69, 9.17) is 10.1 Å². The van der Waals surface area contributed by atoms with E-state index in [1.54, 1.807) is 0 Å². The van der Waals surface area contributed by atoms with Gasteiger partial charge in [-0.05, 0) is 4.94 Å². The largest absolute Gasteiger partial charge is 0.234 e. The smallest absolute Gasteiger partial charge is 0.173 e. The van der Waals surface area contributed by atoms with Crippen molar-refractivity contribution in [2.24, 2.45) is 0 Å².